The molecule has 11 heteroatoms. The molecule has 0 radical (unpaired) electrons. The Kier molecular flexibility index (Phi) is 5.07. The van der Waals surface area contributed by atoms with Gasteiger partial charge in [-0.15, -0.1) is 13.2 Å². The number of ether oxygens (including phenoxy) is 2. The number of carbonyl (C=O) groups is 1. The largest absolute Gasteiger partial charge is 0.573 e. The summed E-state index contributed by atoms with van der Waals surface area (Å²) in [5.41, 5.74) is -2.10. The average Bonchev–Trinajstić information content (AvgIpc) is 2.30. The first-order chi connectivity index (χ1) is 9.45. The lowest BCUT2D eigenvalue weighted by atomic mass is 10.2. The van der Waals surface area contributed by atoms with Crippen LogP contribution in [0.3, 0.4) is 0 Å². The predicted octanol–water partition coefficient (Wildman–Crippen LogP) is 3.48. The van der Waals surface area contributed by atoms with Crippen LogP contribution >= 0.6 is 15.9 Å². The lowest BCUT2D eigenvalue weighted by Crippen LogP contribution is -2.21. The Labute approximate surface area is 122 Å². The van der Waals surface area contributed by atoms with Crippen molar-refractivity contribution in [3.05, 3.63) is 21.9 Å². The normalized spacial score (nSPS) is 12.2. The first kappa shape index (κ1) is 17.5. The summed E-state index contributed by atoms with van der Waals surface area (Å²) in [5, 5.41) is 0. The van der Waals surface area contributed by atoms with Crippen LogP contribution in [0.4, 0.5) is 26.3 Å². The molecule has 1 aromatic heterocycles. The number of pyridine rings is 1. The molecule has 0 spiro atoms. The summed E-state index contributed by atoms with van der Waals surface area (Å²) in [7, 11) is 1.01. The number of rotatable bonds is 3. The van der Waals surface area contributed by atoms with Gasteiger partial charge in [-0.3, -0.25) is 9.78 Å². The molecule has 0 aliphatic carbocycles. The summed E-state index contributed by atoms with van der Waals surface area (Å²) in [6.07, 6.45) is -10.9. The first-order valence-corrected chi connectivity index (χ1v) is 5.82. The summed E-state index contributed by atoms with van der Waals surface area (Å²) >= 11 is 2.54. The van der Waals surface area contributed by atoms with Crippen molar-refractivity contribution in [3.8, 4) is 5.75 Å². The summed E-state index contributed by atoms with van der Waals surface area (Å²) in [4.78, 5) is 14.4. The number of alkyl halides is 6. The molecule has 0 fully saturated rings. The highest BCUT2D eigenvalue weighted by Crippen LogP contribution is 2.43. The van der Waals surface area contributed by atoms with Gasteiger partial charge >= 0.3 is 18.5 Å². The van der Waals surface area contributed by atoms with Crippen molar-refractivity contribution < 1.29 is 40.6 Å². The maximum Gasteiger partial charge on any atom is 0.573 e. The summed E-state index contributed by atoms with van der Waals surface area (Å²) < 4.78 is 81.6. The van der Waals surface area contributed by atoms with Gasteiger partial charge in [0.1, 0.15) is 5.56 Å². The van der Waals surface area contributed by atoms with E-state index in [4.69, 9.17) is 0 Å². The van der Waals surface area contributed by atoms with Gasteiger partial charge in [-0.25, -0.2) is 0 Å². The lowest BCUT2D eigenvalue weighted by Gasteiger charge is -2.17. The van der Waals surface area contributed by atoms with E-state index in [1.54, 1.807) is 0 Å². The minimum absolute atomic E-state index is 0.157. The number of hydrogen-bond acceptors (Lipinski definition) is 4. The van der Waals surface area contributed by atoms with Crippen molar-refractivity contribution in [1.29, 1.82) is 0 Å². The Balaban J connectivity index is 3.37. The number of hydrogen-bond donors (Lipinski definition) is 0. The topological polar surface area (TPSA) is 48.4 Å². The summed E-state index contributed by atoms with van der Waals surface area (Å²) in [6.45, 7) is 0. The molecule has 1 rings (SSSR count). The van der Waals surface area contributed by atoms with Gasteiger partial charge in [0, 0.05) is 6.20 Å². The van der Waals surface area contributed by atoms with Crippen LogP contribution < -0.4 is 4.74 Å². The van der Waals surface area contributed by atoms with E-state index in [1.165, 1.54) is 0 Å². The van der Waals surface area contributed by atoms with E-state index in [1.807, 2.05) is 0 Å². The fraction of sp³-hybridized carbons (Fsp3) is 0.400. The Hall–Kier alpha value is -1.52. The van der Waals surface area contributed by atoms with Crippen molar-refractivity contribution >= 4 is 21.9 Å². The standard InChI is InChI=1S/C10H6BrF6NO3/c1-20-6(19)2-5-7(11)8(21-10(15,16)17)4(3-18-5)9(12,13)14/h3H,2H2,1H3. The van der Waals surface area contributed by atoms with Gasteiger partial charge in [-0.2, -0.15) is 13.2 Å². The molecule has 1 aromatic rings. The molecule has 0 aliphatic rings. The SMILES string of the molecule is COC(=O)Cc1ncc(C(F)(F)F)c(OC(F)(F)F)c1Br. The van der Waals surface area contributed by atoms with E-state index in [0.717, 1.165) is 7.11 Å². The van der Waals surface area contributed by atoms with E-state index in [-0.39, 0.29) is 11.9 Å². The molecule has 0 amide bonds. The molecule has 0 saturated carbocycles. The Bertz CT molecular complexity index is 543. The van der Waals surface area contributed by atoms with Gasteiger partial charge in [0.15, 0.2) is 5.75 Å². The van der Waals surface area contributed by atoms with Crippen molar-refractivity contribution in [2.45, 2.75) is 19.0 Å². The minimum atomic E-state index is -5.34. The van der Waals surface area contributed by atoms with Crippen LogP contribution in [0.1, 0.15) is 11.3 Å². The van der Waals surface area contributed by atoms with Gasteiger partial charge in [0.2, 0.25) is 0 Å². The number of nitrogens with zero attached hydrogens (tertiary/aromatic N) is 1. The maximum atomic E-state index is 12.7. The Morgan fingerprint density at radius 2 is 1.86 bits per heavy atom. The quantitative estimate of drug-likeness (QED) is 0.594. The highest BCUT2D eigenvalue weighted by atomic mass is 79.9. The average molecular weight is 382 g/mol. The molecule has 118 valence electrons. The van der Waals surface area contributed by atoms with E-state index < -0.39 is 40.7 Å². The van der Waals surface area contributed by atoms with Gasteiger partial charge in [-0.1, -0.05) is 0 Å². The lowest BCUT2D eigenvalue weighted by molar-refractivity contribution is -0.276. The van der Waals surface area contributed by atoms with Crippen molar-refractivity contribution in [2.24, 2.45) is 0 Å². The smallest absolute Gasteiger partial charge is 0.469 e. The van der Waals surface area contributed by atoms with Crippen molar-refractivity contribution in [1.82, 2.24) is 4.98 Å². The van der Waals surface area contributed by atoms with Crippen LogP contribution in [0, 0.1) is 0 Å². The zero-order valence-electron chi connectivity index (χ0n) is 10.1. The molecule has 0 N–H and O–H groups in total. The monoisotopic (exact) mass is 381 g/mol. The fourth-order valence-electron chi connectivity index (χ4n) is 1.26. The Morgan fingerprint density at radius 1 is 1.29 bits per heavy atom. The van der Waals surface area contributed by atoms with Crippen LogP contribution in [0.2, 0.25) is 0 Å². The zero-order chi connectivity index (χ0) is 16.4. The Morgan fingerprint density at radius 3 is 2.29 bits per heavy atom. The predicted molar refractivity (Wildman–Crippen MR) is 59.3 cm³/mol. The van der Waals surface area contributed by atoms with Crippen molar-refractivity contribution in [3.63, 3.8) is 0 Å². The first-order valence-electron chi connectivity index (χ1n) is 5.03. The number of aromatic nitrogens is 1. The zero-order valence-corrected chi connectivity index (χ0v) is 11.7. The highest BCUT2D eigenvalue weighted by Gasteiger charge is 2.41. The van der Waals surface area contributed by atoms with Gasteiger partial charge < -0.3 is 9.47 Å². The van der Waals surface area contributed by atoms with Crippen LogP contribution in [-0.2, 0) is 22.1 Å². The summed E-state index contributed by atoms with van der Waals surface area (Å²) in [5.74, 6) is -2.40. The van der Waals surface area contributed by atoms with E-state index in [2.05, 4.69) is 30.4 Å². The summed E-state index contributed by atoms with van der Waals surface area (Å²) in [6, 6.07) is 0. The maximum absolute atomic E-state index is 12.7. The van der Waals surface area contributed by atoms with Crippen LogP contribution in [0.25, 0.3) is 0 Å². The third-order valence-electron chi connectivity index (χ3n) is 2.11. The molecule has 1 heterocycles. The second-order valence-corrected chi connectivity index (χ2v) is 4.35. The molecule has 4 nitrogen and oxygen atoms in total. The second-order valence-electron chi connectivity index (χ2n) is 3.56. The van der Waals surface area contributed by atoms with Crippen LogP contribution in [0.5, 0.6) is 5.75 Å². The third kappa shape index (κ3) is 4.76. The molecular formula is C10H6BrF6NO3. The minimum Gasteiger partial charge on any atom is -0.469 e. The molecule has 0 aromatic carbocycles. The molecule has 0 aliphatic heterocycles. The molecule has 21 heavy (non-hydrogen) atoms. The van der Waals surface area contributed by atoms with E-state index >= 15 is 0 Å². The highest BCUT2D eigenvalue weighted by molar-refractivity contribution is 9.10. The number of esters is 1. The number of halogens is 7. The van der Waals surface area contributed by atoms with Gasteiger partial charge in [0.05, 0.1) is 23.7 Å². The number of methoxy groups -OCH3 is 1. The third-order valence-corrected chi connectivity index (χ3v) is 2.93. The van der Waals surface area contributed by atoms with Crippen LogP contribution in [-0.4, -0.2) is 24.4 Å². The molecular weight excluding hydrogens is 376 g/mol. The molecule has 0 saturated heterocycles. The molecule has 0 bridgehead atoms. The van der Waals surface area contributed by atoms with Crippen molar-refractivity contribution in [2.75, 3.05) is 7.11 Å². The second kappa shape index (κ2) is 6.08. The van der Waals surface area contributed by atoms with E-state index in [9.17, 15) is 31.1 Å². The molecule has 0 unspecified atom stereocenters. The van der Waals surface area contributed by atoms with Gasteiger partial charge in [0.25, 0.3) is 0 Å². The van der Waals surface area contributed by atoms with E-state index in [0.29, 0.717) is 0 Å². The van der Waals surface area contributed by atoms with Gasteiger partial charge in [-0.05, 0) is 15.9 Å². The number of carbonyl (C=O) groups excluding carboxylic acids is 1. The molecule has 0 atom stereocenters. The fourth-order valence-corrected chi connectivity index (χ4v) is 1.79. The van der Waals surface area contributed by atoms with Crippen LogP contribution in [0.15, 0.2) is 10.7 Å².